The molecule has 222 valence electrons. The fraction of sp³-hybridized carbons (Fsp3) is 0.333. The zero-order valence-electron chi connectivity index (χ0n) is 23.6. The topological polar surface area (TPSA) is 125 Å². The zero-order chi connectivity index (χ0) is 29.6. The SMILES string of the molecule is COCCN1C[C@]2(CC2NC(=O)Nc2c(C)c(-c3cnc4c(c3)OCO4)nn2-c2ccccc2)C(c2ccnc(F)c2)O1. The highest BCUT2D eigenvalue weighted by Gasteiger charge is 2.65. The van der Waals surface area contributed by atoms with Crippen molar-refractivity contribution < 1.29 is 28.2 Å². The molecule has 3 aromatic heterocycles. The molecule has 12 nitrogen and oxygen atoms in total. The van der Waals surface area contributed by atoms with Crippen molar-refractivity contribution in [2.45, 2.75) is 25.5 Å². The molecule has 2 amide bonds. The number of pyridine rings is 2. The normalized spacial score (nSPS) is 22.2. The maximum Gasteiger partial charge on any atom is 0.320 e. The molecule has 2 unspecified atom stereocenters. The maximum absolute atomic E-state index is 14.0. The van der Waals surface area contributed by atoms with Crippen molar-refractivity contribution in [2.75, 3.05) is 38.9 Å². The second kappa shape index (κ2) is 10.9. The molecule has 1 saturated heterocycles. The molecule has 43 heavy (non-hydrogen) atoms. The van der Waals surface area contributed by atoms with Gasteiger partial charge in [0.2, 0.25) is 12.7 Å². The molecule has 1 aromatic carbocycles. The second-order valence-corrected chi connectivity index (χ2v) is 10.8. The van der Waals surface area contributed by atoms with E-state index < -0.39 is 17.5 Å². The minimum Gasteiger partial charge on any atom is -0.452 e. The number of hydrogen-bond donors (Lipinski definition) is 2. The third kappa shape index (κ3) is 5.05. The average molecular weight is 588 g/mol. The summed E-state index contributed by atoms with van der Waals surface area (Å²) in [6.45, 7) is 3.61. The van der Waals surface area contributed by atoms with Gasteiger partial charge in [0.15, 0.2) is 5.75 Å². The predicted molar refractivity (Wildman–Crippen MR) is 152 cm³/mol. The van der Waals surface area contributed by atoms with Crippen molar-refractivity contribution in [2.24, 2.45) is 5.41 Å². The van der Waals surface area contributed by atoms with Gasteiger partial charge in [0.1, 0.15) is 11.9 Å². The number of hydrogen-bond acceptors (Lipinski definition) is 9. The van der Waals surface area contributed by atoms with Crippen molar-refractivity contribution >= 4 is 11.8 Å². The van der Waals surface area contributed by atoms with Gasteiger partial charge in [-0.05, 0) is 49.2 Å². The van der Waals surface area contributed by atoms with Crippen LogP contribution in [0.15, 0.2) is 60.9 Å². The van der Waals surface area contributed by atoms with E-state index >= 15 is 0 Å². The lowest BCUT2D eigenvalue weighted by atomic mass is 9.93. The van der Waals surface area contributed by atoms with E-state index in [1.54, 1.807) is 24.1 Å². The summed E-state index contributed by atoms with van der Waals surface area (Å²) in [4.78, 5) is 27.8. The number of aromatic nitrogens is 4. The van der Waals surface area contributed by atoms with Crippen LogP contribution < -0.4 is 20.1 Å². The standard InChI is InChI=1S/C30H30FN7O5/c1-18-25(20-12-22-28(33-15-20)42-17-41-22)36-38(21-6-4-3-5-7-21)27(18)35-29(39)34-23-14-30(23)16-37(10-11-40-2)43-26(30)19-8-9-32-24(31)13-19/h3-9,12-13,15,23,26H,10-11,14,16-17H2,1-2H3,(H2,34,35,39)/t23?,26?,30-/m0/s1. The molecule has 5 heterocycles. The van der Waals surface area contributed by atoms with E-state index in [-0.39, 0.29) is 18.9 Å². The monoisotopic (exact) mass is 587 g/mol. The van der Waals surface area contributed by atoms with Crippen molar-refractivity contribution in [3.05, 3.63) is 78.0 Å². The number of rotatable bonds is 8. The molecule has 2 aliphatic heterocycles. The molecular weight excluding hydrogens is 557 g/mol. The molecule has 2 fully saturated rings. The Balaban J connectivity index is 1.14. The van der Waals surface area contributed by atoms with Gasteiger partial charge in [0.25, 0.3) is 5.88 Å². The molecular formula is C30H30FN7O5. The molecule has 7 rings (SSSR count). The summed E-state index contributed by atoms with van der Waals surface area (Å²) in [6, 6.07) is 13.9. The summed E-state index contributed by atoms with van der Waals surface area (Å²) in [5, 5.41) is 12.8. The first kappa shape index (κ1) is 27.3. The molecule has 0 radical (unpaired) electrons. The van der Waals surface area contributed by atoms with E-state index in [1.165, 1.54) is 12.3 Å². The largest absolute Gasteiger partial charge is 0.452 e. The minimum absolute atomic E-state index is 0.116. The smallest absolute Gasteiger partial charge is 0.320 e. The number of nitrogens with zero attached hydrogens (tertiary/aromatic N) is 5. The Hall–Kier alpha value is -4.59. The molecule has 3 atom stereocenters. The first-order chi connectivity index (χ1) is 20.9. The number of para-hydroxylation sites is 1. The Kier molecular flexibility index (Phi) is 6.92. The predicted octanol–water partition coefficient (Wildman–Crippen LogP) is 4.02. The van der Waals surface area contributed by atoms with Crippen LogP contribution in [0.1, 0.15) is 23.7 Å². The van der Waals surface area contributed by atoms with Gasteiger partial charge in [0.05, 0.1) is 18.0 Å². The van der Waals surface area contributed by atoms with Gasteiger partial charge >= 0.3 is 6.03 Å². The average Bonchev–Trinajstić information content (AvgIpc) is 3.32. The van der Waals surface area contributed by atoms with Gasteiger partial charge in [-0.1, -0.05) is 18.2 Å². The summed E-state index contributed by atoms with van der Waals surface area (Å²) in [7, 11) is 1.63. The third-order valence-corrected chi connectivity index (χ3v) is 8.13. The van der Waals surface area contributed by atoms with Gasteiger partial charge in [-0.2, -0.15) is 14.6 Å². The van der Waals surface area contributed by atoms with E-state index in [9.17, 15) is 9.18 Å². The van der Waals surface area contributed by atoms with E-state index in [2.05, 4.69) is 20.6 Å². The first-order valence-electron chi connectivity index (χ1n) is 14.0. The molecule has 4 aromatic rings. The van der Waals surface area contributed by atoms with Crippen LogP contribution in [0.2, 0.25) is 0 Å². The highest BCUT2D eigenvalue weighted by Crippen LogP contribution is 2.60. The number of anilines is 1. The van der Waals surface area contributed by atoms with E-state index in [1.807, 2.05) is 48.4 Å². The second-order valence-electron chi connectivity index (χ2n) is 10.8. The van der Waals surface area contributed by atoms with Gasteiger partial charge in [-0.3, -0.25) is 10.2 Å². The first-order valence-corrected chi connectivity index (χ1v) is 14.0. The zero-order valence-corrected chi connectivity index (χ0v) is 23.6. The number of methoxy groups -OCH3 is 1. The number of nitrogens with one attached hydrogen (secondary N) is 2. The van der Waals surface area contributed by atoms with Crippen molar-refractivity contribution in [3.8, 4) is 28.6 Å². The van der Waals surface area contributed by atoms with Gasteiger partial charge in [-0.25, -0.2) is 19.4 Å². The molecule has 2 N–H and O–H groups in total. The number of ether oxygens (including phenoxy) is 3. The minimum atomic E-state index is -0.576. The van der Waals surface area contributed by atoms with Crippen LogP contribution in [0.4, 0.5) is 15.0 Å². The molecule has 1 spiro atoms. The van der Waals surface area contributed by atoms with Crippen LogP contribution in [0.3, 0.4) is 0 Å². The van der Waals surface area contributed by atoms with Crippen LogP contribution in [0.25, 0.3) is 16.9 Å². The van der Waals surface area contributed by atoms with Crippen LogP contribution in [-0.4, -0.2) is 70.5 Å². The molecule has 1 saturated carbocycles. The fourth-order valence-corrected chi connectivity index (χ4v) is 5.88. The third-order valence-electron chi connectivity index (χ3n) is 8.13. The van der Waals surface area contributed by atoms with Crippen molar-refractivity contribution in [3.63, 3.8) is 0 Å². The Labute approximate surface area is 246 Å². The Morgan fingerprint density at radius 1 is 1.19 bits per heavy atom. The highest BCUT2D eigenvalue weighted by atomic mass is 19.1. The van der Waals surface area contributed by atoms with E-state index in [0.717, 1.165) is 16.8 Å². The number of hydroxylamine groups is 2. The summed E-state index contributed by atoms with van der Waals surface area (Å²) < 4.78 is 31.8. The lowest BCUT2D eigenvalue weighted by molar-refractivity contribution is -0.155. The van der Waals surface area contributed by atoms with Crippen LogP contribution >= 0.6 is 0 Å². The van der Waals surface area contributed by atoms with Crippen LogP contribution in [0, 0.1) is 18.3 Å². The quantitative estimate of drug-likeness (QED) is 0.294. The molecule has 13 heteroatoms. The van der Waals surface area contributed by atoms with Gasteiger partial charge < -0.3 is 19.5 Å². The molecule has 1 aliphatic carbocycles. The van der Waals surface area contributed by atoms with Crippen molar-refractivity contribution in [1.29, 1.82) is 0 Å². The number of halogens is 1. The summed E-state index contributed by atoms with van der Waals surface area (Å²) >= 11 is 0. The Morgan fingerprint density at radius 2 is 2.05 bits per heavy atom. The number of urea groups is 1. The van der Waals surface area contributed by atoms with Gasteiger partial charge in [-0.15, -0.1) is 0 Å². The Morgan fingerprint density at radius 3 is 2.86 bits per heavy atom. The van der Waals surface area contributed by atoms with Crippen molar-refractivity contribution in [1.82, 2.24) is 30.1 Å². The number of carbonyl (C=O) groups excluding carboxylic acids is 1. The lowest BCUT2D eigenvalue weighted by Gasteiger charge is -2.19. The number of amides is 2. The van der Waals surface area contributed by atoms with Crippen LogP contribution in [-0.2, 0) is 9.57 Å². The summed E-state index contributed by atoms with van der Waals surface area (Å²) in [6.07, 6.45) is 3.34. The van der Waals surface area contributed by atoms with Crippen LogP contribution in [0.5, 0.6) is 11.6 Å². The highest BCUT2D eigenvalue weighted by molar-refractivity contribution is 5.91. The van der Waals surface area contributed by atoms with Gasteiger partial charge in [0, 0.05) is 55.2 Å². The fourth-order valence-electron chi connectivity index (χ4n) is 5.88. The number of carbonyl (C=O) groups is 1. The summed E-state index contributed by atoms with van der Waals surface area (Å²) in [5.74, 6) is 0.916. The Bertz CT molecular complexity index is 1670. The lowest BCUT2D eigenvalue weighted by Crippen LogP contribution is -2.36. The van der Waals surface area contributed by atoms with E-state index in [4.69, 9.17) is 24.1 Å². The van der Waals surface area contributed by atoms with E-state index in [0.29, 0.717) is 54.8 Å². The maximum atomic E-state index is 14.0. The number of benzene rings is 1. The molecule has 3 aliphatic rings. The number of fused-ring (bicyclic) bond motifs is 1. The summed E-state index contributed by atoms with van der Waals surface area (Å²) in [5.41, 5.74) is 3.17. The molecule has 0 bridgehead atoms.